The van der Waals surface area contributed by atoms with Gasteiger partial charge in [-0.05, 0) is 49.7 Å². The van der Waals surface area contributed by atoms with Gasteiger partial charge in [0.15, 0.2) is 11.6 Å². The molecule has 0 atom stereocenters. The highest BCUT2D eigenvalue weighted by Crippen LogP contribution is 2.26. The Balaban J connectivity index is 2.13. The number of carbonyl (C=O) groups is 1. The second kappa shape index (κ2) is 5.83. The molecule has 0 saturated heterocycles. The van der Waals surface area contributed by atoms with Crippen molar-refractivity contribution in [3.63, 3.8) is 0 Å². The van der Waals surface area contributed by atoms with Crippen LogP contribution < -0.4 is 0 Å². The maximum absolute atomic E-state index is 13.5. The van der Waals surface area contributed by atoms with Crippen LogP contribution in [0.1, 0.15) is 22.8 Å². The van der Waals surface area contributed by atoms with Gasteiger partial charge in [0.1, 0.15) is 0 Å². The summed E-state index contributed by atoms with van der Waals surface area (Å²) in [6.45, 7) is 3.96. The first-order valence-electron chi connectivity index (χ1n) is 7.25. The molecule has 1 aromatic heterocycles. The fraction of sp³-hybridized carbons (Fsp3) is 0.167. The SMILES string of the molecule is CCOC(=O)c1ccc2c(c1)c(C)cn2-c1ccc(F)c(F)c1. The first-order valence-corrected chi connectivity index (χ1v) is 7.25. The first-order chi connectivity index (χ1) is 11.0. The van der Waals surface area contributed by atoms with E-state index in [2.05, 4.69) is 0 Å². The number of ether oxygens (including phenoxy) is 1. The molecule has 5 heteroatoms. The van der Waals surface area contributed by atoms with Gasteiger partial charge in [0.05, 0.1) is 17.7 Å². The van der Waals surface area contributed by atoms with E-state index in [9.17, 15) is 13.6 Å². The van der Waals surface area contributed by atoms with E-state index in [0.29, 0.717) is 17.9 Å². The van der Waals surface area contributed by atoms with Crippen molar-refractivity contribution in [3.05, 3.63) is 65.4 Å². The lowest BCUT2D eigenvalue weighted by Crippen LogP contribution is -2.04. The Morgan fingerprint density at radius 2 is 1.91 bits per heavy atom. The number of hydrogen-bond acceptors (Lipinski definition) is 2. The van der Waals surface area contributed by atoms with E-state index in [4.69, 9.17) is 4.74 Å². The van der Waals surface area contributed by atoms with Crippen LogP contribution in [-0.2, 0) is 4.74 Å². The molecule has 0 aliphatic rings. The Kier molecular flexibility index (Phi) is 3.86. The van der Waals surface area contributed by atoms with E-state index in [1.54, 1.807) is 29.7 Å². The minimum Gasteiger partial charge on any atom is -0.462 e. The lowest BCUT2D eigenvalue weighted by Gasteiger charge is -2.07. The zero-order chi connectivity index (χ0) is 16.6. The third-order valence-corrected chi connectivity index (χ3v) is 3.70. The summed E-state index contributed by atoms with van der Waals surface area (Å²) in [5, 5.41) is 0.861. The third-order valence-electron chi connectivity index (χ3n) is 3.70. The number of aromatic nitrogens is 1. The van der Waals surface area contributed by atoms with E-state index in [1.165, 1.54) is 6.07 Å². The van der Waals surface area contributed by atoms with Gasteiger partial charge in [-0.15, -0.1) is 0 Å². The Bertz CT molecular complexity index is 899. The zero-order valence-corrected chi connectivity index (χ0v) is 12.8. The van der Waals surface area contributed by atoms with Crippen LogP contribution in [0.25, 0.3) is 16.6 Å². The van der Waals surface area contributed by atoms with Gasteiger partial charge in [-0.2, -0.15) is 0 Å². The molecular weight excluding hydrogens is 300 g/mol. The molecule has 2 aromatic carbocycles. The van der Waals surface area contributed by atoms with Crippen LogP contribution in [0, 0.1) is 18.6 Å². The zero-order valence-electron chi connectivity index (χ0n) is 12.8. The summed E-state index contributed by atoms with van der Waals surface area (Å²) >= 11 is 0. The number of carbonyl (C=O) groups excluding carboxylic acids is 1. The van der Waals surface area contributed by atoms with Gasteiger partial charge >= 0.3 is 5.97 Å². The van der Waals surface area contributed by atoms with Gasteiger partial charge in [-0.1, -0.05) is 0 Å². The standard InChI is InChI=1S/C18H15F2NO2/c1-3-23-18(22)12-4-7-17-14(8-12)11(2)10-21(17)13-5-6-15(19)16(20)9-13/h4-10H,3H2,1-2H3. The molecule has 118 valence electrons. The Hall–Kier alpha value is -2.69. The minimum absolute atomic E-state index is 0.311. The molecule has 3 rings (SSSR count). The fourth-order valence-corrected chi connectivity index (χ4v) is 2.58. The van der Waals surface area contributed by atoms with Crippen LogP contribution in [0.2, 0.25) is 0 Å². The normalized spacial score (nSPS) is 11.0. The van der Waals surface area contributed by atoms with E-state index >= 15 is 0 Å². The van der Waals surface area contributed by atoms with E-state index in [0.717, 1.165) is 28.6 Å². The Morgan fingerprint density at radius 1 is 1.13 bits per heavy atom. The maximum Gasteiger partial charge on any atom is 0.338 e. The first kappa shape index (κ1) is 15.2. The number of esters is 1. The van der Waals surface area contributed by atoms with Crippen molar-refractivity contribution < 1.29 is 18.3 Å². The van der Waals surface area contributed by atoms with Crippen molar-refractivity contribution in [3.8, 4) is 5.69 Å². The quantitative estimate of drug-likeness (QED) is 0.671. The van der Waals surface area contributed by atoms with Gasteiger partial charge in [0.2, 0.25) is 0 Å². The molecule has 3 nitrogen and oxygen atoms in total. The van der Waals surface area contributed by atoms with Gasteiger partial charge < -0.3 is 9.30 Å². The average Bonchev–Trinajstić information content (AvgIpc) is 2.87. The topological polar surface area (TPSA) is 31.2 Å². The number of rotatable bonds is 3. The van der Waals surface area contributed by atoms with Crippen molar-refractivity contribution in [2.45, 2.75) is 13.8 Å². The molecule has 3 aromatic rings. The van der Waals surface area contributed by atoms with Crippen LogP contribution in [0.3, 0.4) is 0 Å². The molecule has 0 N–H and O–H groups in total. The van der Waals surface area contributed by atoms with E-state index < -0.39 is 11.6 Å². The van der Waals surface area contributed by atoms with Gasteiger partial charge in [-0.25, -0.2) is 13.6 Å². The molecule has 0 aliphatic heterocycles. The molecule has 0 spiro atoms. The number of aryl methyl sites for hydroxylation is 1. The predicted molar refractivity (Wildman–Crippen MR) is 83.9 cm³/mol. The second-order valence-corrected chi connectivity index (χ2v) is 5.23. The average molecular weight is 315 g/mol. The summed E-state index contributed by atoms with van der Waals surface area (Å²) in [5.74, 6) is -2.16. The molecule has 1 heterocycles. The van der Waals surface area contributed by atoms with Crippen molar-refractivity contribution >= 4 is 16.9 Å². The summed E-state index contributed by atoms with van der Waals surface area (Å²) in [6.07, 6.45) is 1.83. The van der Waals surface area contributed by atoms with Gasteiger partial charge in [0, 0.05) is 23.3 Å². The molecule has 0 amide bonds. The highest BCUT2D eigenvalue weighted by molar-refractivity contribution is 5.96. The van der Waals surface area contributed by atoms with E-state index in [-0.39, 0.29) is 5.97 Å². The lowest BCUT2D eigenvalue weighted by molar-refractivity contribution is 0.0526. The summed E-state index contributed by atoms with van der Waals surface area (Å²) in [7, 11) is 0. The lowest BCUT2D eigenvalue weighted by atomic mass is 10.1. The molecule has 23 heavy (non-hydrogen) atoms. The van der Waals surface area contributed by atoms with Crippen LogP contribution >= 0.6 is 0 Å². The number of nitrogens with zero attached hydrogens (tertiary/aromatic N) is 1. The van der Waals surface area contributed by atoms with Gasteiger partial charge in [0.25, 0.3) is 0 Å². The maximum atomic E-state index is 13.5. The summed E-state index contributed by atoms with van der Waals surface area (Å²) in [5.41, 5.74) is 2.72. The second-order valence-electron chi connectivity index (χ2n) is 5.23. The summed E-state index contributed by atoms with van der Waals surface area (Å²) in [6, 6.07) is 8.94. The van der Waals surface area contributed by atoms with Gasteiger partial charge in [-0.3, -0.25) is 0 Å². The van der Waals surface area contributed by atoms with Crippen LogP contribution in [0.4, 0.5) is 8.78 Å². The number of benzene rings is 2. The Labute approximate surface area is 132 Å². The monoisotopic (exact) mass is 315 g/mol. The molecular formula is C18H15F2NO2. The molecule has 0 unspecified atom stereocenters. The van der Waals surface area contributed by atoms with Crippen LogP contribution in [0.15, 0.2) is 42.6 Å². The molecule has 0 fully saturated rings. The third kappa shape index (κ3) is 2.70. The van der Waals surface area contributed by atoms with Crippen LogP contribution in [-0.4, -0.2) is 17.1 Å². The molecule has 0 aliphatic carbocycles. The molecule has 0 saturated carbocycles. The number of hydrogen-bond donors (Lipinski definition) is 0. The molecule has 0 bridgehead atoms. The van der Waals surface area contributed by atoms with Crippen molar-refractivity contribution in [2.75, 3.05) is 6.61 Å². The largest absolute Gasteiger partial charge is 0.462 e. The van der Waals surface area contributed by atoms with Crippen molar-refractivity contribution in [2.24, 2.45) is 0 Å². The number of halogens is 2. The fourth-order valence-electron chi connectivity index (χ4n) is 2.58. The molecule has 0 radical (unpaired) electrons. The van der Waals surface area contributed by atoms with Crippen LogP contribution in [0.5, 0.6) is 0 Å². The van der Waals surface area contributed by atoms with E-state index in [1.807, 2.05) is 13.1 Å². The highest BCUT2D eigenvalue weighted by atomic mass is 19.2. The Morgan fingerprint density at radius 3 is 2.61 bits per heavy atom. The highest BCUT2D eigenvalue weighted by Gasteiger charge is 2.13. The summed E-state index contributed by atoms with van der Waals surface area (Å²) in [4.78, 5) is 11.8. The predicted octanol–water partition coefficient (Wildman–Crippen LogP) is 4.39. The smallest absolute Gasteiger partial charge is 0.338 e. The minimum atomic E-state index is -0.898. The number of fused-ring (bicyclic) bond motifs is 1. The van der Waals surface area contributed by atoms with Crippen molar-refractivity contribution in [1.29, 1.82) is 0 Å². The summed E-state index contributed by atoms with van der Waals surface area (Å²) < 4.78 is 33.4. The van der Waals surface area contributed by atoms with Crippen molar-refractivity contribution in [1.82, 2.24) is 4.57 Å².